The van der Waals surface area contributed by atoms with Crippen molar-refractivity contribution in [2.75, 3.05) is 0 Å². The molecule has 0 bridgehead atoms. The van der Waals surface area contributed by atoms with Crippen LogP contribution in [0.1, 0.15) is 63.8 Å². The second-order valence-corrected chi connectivity index (χ2v) is 4.33. The summed E-state index contributed by atoms with van der Waals surface area (Å²) in [6.45, 7) is 4.36. The highest BCUT2D eigenvalue weighted by Gasteiger charge is 2.08. The van der Waals surface area contributed by atoms with Gasteiger partial charge in [-0.25, -0.2) is 4.79 Å². The van der Waals surface area contributed by atoms with Crippen molar-refractivity contribution in [1.29, 1.82) is 0 Å². The standard InChI is InChI=1S/C13H23NO2/c1-3-5-7-9-11-12(10-8-6-4-2)16-13(15)14-11/h3-10H2,1-2H3,(H,14,15). The Morgan fingerprint density at radius 3 is 2.25 bits per heavy atom. The molecule has 1 N–H and O–H groups in total. The van der Waals surface area contributed by atoms with E-state index in [1.54, 1.807) is 0 Å². The van der Waals surface area contributed by atoms with Gasteiger partial charge in [0.25, 0.3) is 0 Å². The van der Waals surface area contributed by atoms with E-state index in [2.05, 4.69) is 18.8 Å². The number of rotatable bonds is 8. The minimum Gasteiger partial charge on any atom is -0.413 e. The summed E-state index contributed by atoms with van der Waals surface area (Å²) in [5.41, 5.74) is 1.02. The molecule has 0 atom stereocenters. The van der Waals surface area contributed by atoms with Gasteiger partial charge in [-0.1, -0.05) is 39.5 Å². The largest absolute Gasteiger partial charge is 0.416 e. The summed E-state index contributed by atoms with van der Waals surface area (Å²) in [4.78, 5) is 14.0. The predicted molar refractivity (Wildman–Crippen MR) is 65.8 cm³/mol. The van der Waals surface area contributed by atoms with Gasteiger partial charge in [-0.15, -0.1) is 0 Å². The lowest BCUT2D eigenvalue weighted by Crippen LogP contribution is -1.97. The van der Waals surface area contributed by atoms with Gasteiger partial charge in [0.15, 0.2) is 0 Å². The molecule has 3 heteroatoms. The molecule has 0 aliphatic carbocycles. The molecule has 92 valence electrons. The first-order valence-electron chi connectivity index (χ1n) is 6.48. The SMILES string of the molecule is CCCCCc1[nH]c(=O)oc1CCCCC. The molecule has 0 fully saturated rings. The van der Waals surface area contributed by atoms with Crippen molar-refractivity contribution < 1.29 is 4.42 Å². The molecule has 0 saturated carbocycles. The molecule has 0 aliphatic heterocycles. The van der Waals surface area contributed by atoms with Crippen LogP contribution in [0.3, 0.4) is 0 Å². The average Bonchev–Trinajstić information content (AvgIpc) is 2.60. The summed E-state index contributed by atoms with van der Waals surface area (Å²) in [6.07, 6.45) is 8.89. The molecule has 0 spiro atoms. The molecule has 1 aromatic heterocycles. The number of hydrogen-bond acceptors (Lipinski definition) is 2. The molecule has 3 nitrogen and oxygen atoms in total. The van der Waals surface area contributed by atoms with Gasteiger partial charge in [0, 0.05) is 6.42 Å². The van der Waals surface area contributed by atoms with E-state index in [9.17, 15) is 4.79 Å². The number of aromatic amines is 1. The summed E-state index contributed by atoms with van der Waals surface area (Å²) < 4.78 is 5.18. The van der Waals surface area contributed by atoms with Gasteiger partial charge in [0.1, 0.15) is 5.76 Å². The maximum Gasteiger partial charge on any atom is 0.416 e. The quantitative estimate of drug-likeness (QED) is 0.689. The van der Waals surface area contributed by atoms with E-state index >= 15 is 0 Å². The Morgan fingerprint density at radius 2 is 1.62 bits per heavy atom. The van der Waals surface area contributed by atoms with E-state index < -0.39 is 0 Å². The monoisotopic (exact) mass is 225 g/mol. The molecular weight excluding hydrogens is 202 g/mol. The number of aromatic nitrogens is 1. The molecule has 0 radical (unpaired) electrons. The van der Waals surface area contributed by atoms with Crippen LogP contribution < -0.4 is 5.76 Å². The Kier molecular flexibility index (Phi) is 5.98. The molecule has 16 heavy (non-hydrogen) atoms. The second kappa shape index (κ2) is 7.31. The maximum absolute atomic E-state index is 11.2. The lowest BCUT2D eigenvalue weighted by Gasteiger charge is -2.00. The molecule has 0 aliphatic rings. The van der Waals surface area contributed by atoms with Crippen LogP contribution in [0, 0.1) is 0 Å². The van der Waals surface area contributed by atoms with Gasteiger partial charge in [0.05, 0.1) is 5.69 Å². The van der Waals surface area contributed by atoms with Gasteiger partial charge in [-0.05, 0) is 19.3 Å². The van der Waals surface area contributed by atoms with Crippen molar-refractivity contribution in [3.63, 3.8) is 0 Å². The maximum atomic E-state index is 11.2. The van der Waals surface area contributed by atoms with Gasteiger partial charge >= 0.3 is 5.76 Å². The van der Waals surface area contributed by atoms with Crippen molar-refractivity contribution in [1.82, 2.24) is 4.98 Å². The van der Waals surface area contributed by atoms with Crippen LogP contribution >= 0.6 is 0 Å². The highest BCUT2D eigenvalue weighted by atomic mass is 16.4. The Morgan fingerprint density at radius 1 is 1.00 bits per heavy atom. The Labute approximate surface area is 97.3 Å². The number of hydrogen-bond donors (Lipinski definition) is 1. The molecular formula is C13H23NO2. The van der Waals surface area contributed by atoms with E-state index in [4.69, 9.17) is 4.42 Å². The zero-order valence-electron chi connectivity index (χ0n) is 10.5. The minimum atomic E-state index is -0.294. The molecule has 1 heterocycles. The van der Waals surface area contributed by atoms with Crippen LogP contribution in [0.5, 0.6) is 0 Å². The number of aryl methyl sites for hydroxylation is 2. The van der Waals surface area contributed by atoms with Gasteiger partial charge in [0.2, 0.25) is 0 Å². The third-order valence-corrected chi connectivity index (χ3v) is 2.84. The first-order chi connectivity index (χ1) is 7.77. The fraction of sp³-hybridized carbons (Fsp3) is 0.769. The first-order valence-corrected chi connectivity index (χ1v) is 6.48. The van der Waals surface area contributed by atoms with Crippen LogP contribution in [-0.2, 0) is 12.8 Å². The number of H-pyrrole nitrogens is 1. The van der Waals surface area contributed by atoms with Gasteiger partial charge in [-0.2, -0.15) is 0 Å². The summed E-state index contributed by atoms with van der Waals surface area (Å²) in [5, 5.41) is 0. The van der Waals surface area contributed by atoms with Crippen LogP contribution in [0.15, 0.2) is 9.21 Å². The first kappa shape index (κ1) is 13.1. The highest BCUT2D eigenvalue weighted by Crippen LogP contribution is 2.12. The third kappa shape index (κ3) is 4.25. The zero-order chi connectivity index (χ0) is 11.8. The molecule has 1 aromatic rings. The summed E-state index contributed by atoms with van der Waals surface area (Å²) in [7, 11) is 0. The second-order valence-electron chi connectivity index (χ2n) is 4.33. The fourth-order valence-electron chi connectivity index (χ4n) is 1.88. The van der Waals surface area contributed by atoms with E-state index in [0.29, 0.717) is 0 Å². The molecule has 0 aromatic carbocycles. The van der Waals surface area contributed by atoms with Gasteiger partial charge < -0.3 is 4.42 Å². The van der Waals surface area contributed by atoms with Crippen LogP contribution in [0.4, 0.5) is 0 Å². The van der Waals surface area contributed by atoms with Crippen LogP contribution in [-0.4, -0.2) is 4.98 Å². The fourth-order valence-corrected chi connectivity index (χ4v) is 1.88. The normalized spacial score (nSPS) is 10.9. The summed E-state index contributed by atoms with van der Waals surface area (Å²) >= 11 is 0. The van der Waals surface area contributed by atoms with Crippen molar-refractivity contribution in [3.8, 4) is 0 Å². The van der Waals surface area contributed by atoms with E-state index in [1.165, 1.54) is 25.7 Å². The summed E-state index contributed by atoms with van der Waals surface area (Å²) in [6, 6.07) is 0. The Bertz CT molecular complexity index is 307. The van der Waals surface area contributed by atoms with E-state index in [-0.39, 0.29) is 5.76 Å². The van der Waals surface area contributed by atoms with Crippen molar-refractivity contribution >= 4 is 0 Å². The van der Waals surface area contributed by atoms with Crippen molar-refractivity contribution in [2.24, 2.45) is 0 Å². The molecule has 0 unspecified atom stereocenters. The number of nitrogens with one attached hydrogen (secondary N) is 1. The lowest BCUT2D eigenvalue weighted by molar-refractivity contribution is 0.458. The number of oxazole rings is 1. The minimum absolute atomic E-state index is 0.294. The lowest BCUT2D eigenvalue weighted by atomic mass is 10.1. The molecule has 0 saturated heterocycles. The summed E-state index contributed by atoms with van der Waals surface area (Å²) in [5.74, 6) is 0.590. The number of unbranched alkanes of at least 4 members (excludes halogenated alkanes) is 4. The smallest absolute Gasteiger partial charge is 0.413 e. The van der Waals surface area contributed by atoms with Crippen molar-refractivity contribution in [3.05, 3.63) is 22.0 Å². The highest BCUT2D eigenvalue weighted by molar-refractivity contribution is 5.07. The van der Waals surface area contributed by atoms with Crippen molar-refractivity contribution in [2.45, 2.75) is 65.2 Å². The van der Waals surface area contributed by atoms with Gasteiger partial charge in [-0.3, -0.25) is 4.98 Å². The van der Waals surface area contributed by atoms with E-state index in [1.807, 2.05) is 0 Å². The van der Waals surface area contributed by atoms with Crippen LogP contribution in [0.25, 0.3) is 0 Å². The predicted octanol–water partition coefficient (Wildman–Crippen LogP) is 3.43. The average molecular weight is 225 g/mol. The third-order valence-electron chi connectivity index (χ3n) is 2.84. The Balaban J connectivity index is 2.50. The zero-order valence-corrected chi connectivity index (χ0v) is 10.5. The Hall–Kier alpha value is -0.990. The molecule has 1 rings (SSSR count). The van der Waals surface area contributed by atoms with Crippen LogP contribution in [0.2, 0.25) is 0 Å². The van der Waals surface area contributed by atoms with E-state index in [0.717, 1.165) is 37.1 Å². The topological polar surface area (TPSA) is 46.0 Å². The molecule has 0 amide bonds.